The van der Waals surface area contributed by atoms with Gasteiger partial charge in [-0.1, -0.05) is 12.1 Å². The summed E-state index contributed by atoms with van der Waals surface area (Å²) in [4.78, 5) is 32.7. The van der Waals surface area contributed by atoms with Crippen LogP contribution in [0.2, 0.25) is 0 Å². The third-order valence-electron chi connectivity index (χ3n) is 6.68. The monoisotopic (exact) mass is 479 g/mol. The normalized spacial score (nSPS) is 17.6. The van der Waals surface area contributed by atoms with Crippen molar-refractivity contribution < 1.29 is 14.3 Å². The van der Waals surface area contributed by atoms with Crippen molar-refractivity contribution >= 4 is 5.91 Å². The summed E-state index contributed by atoms with van der Waals surface area (Å²) in [5.41, 5.74) is 0.862. The summed E-state index contributed by atoms with van der Waals surface area (Å²) in [6, 6.07) is 9.09. The van der Waals surface area contributed by atoms with E-state index in [0.29, 0.717) is 43.0 Å². The number of nitrogens with one attached hydrogen (secondary N) is 1. The third kappa shape index (κ3) is 4.61. The van der Waals surface area contributed by atoms with Crippen molar-refractivity contribution in [2.45, 2.75) is 25.9 Å². The van der Waals surface area contributed by atoms with E-state index in [1.54, 1.807) is 9.36 Å². The lowest BCUT2D eigenvalue weighted by Crippen LogP contribution is -2.41. The second-order valence-electron chi connectivity index (χ2n) is 9.25. The second kappa shape index (κ2) is 9.31. The molecule has 2 aliphatic heterocycles. The highest BCUT2D eigenvalue weighted by atomic mass is 16.5. The van der Waals surface area contributed by atoms with Gasteiger partial charge in [-0.25, -0.2) is 4.68 Å². The maximum atomic E-state index is 12.9. The van der Waals surface area contributed by atoms with Gasteiger partial charge >= 0.3 is 0 Å². The van der Waals surface area contributed by atoms with Gasteiger partial charge < -0.3 is 14.8 Å². The molecule has 1 saturated heterocycles. The van der Waals surface area contributed by atoms with Gasteiger partial charge in [0.25, 0.3) is 17.4 Å². The molecule has 4 heterocycles. The van der Waals surface area contributed by atoms with Crippen molar-refractivity contribution in [2.24, 2.45) is 5.92 Å². The molecule has 184 valence electrons. The molecule has 6 rings (SSSR count). The Morgan fingerprint density at radius 1 is 1.14 bits per heavy atom. The van der Waals surface area contributed by atoms with Crippen LogP contribution in [-0.4, -0.2) is 80.9 Å². The van der Waals surface area contributed by atoms with Crippen molar-refractivity contribution in [2.75, 3.05) is 46.0 Å². The average molecular weight is 480 g/mol. The lowest BCUT2D eigenvalue weighted by Gasteiger charge is -2.26. The molecule has 0 atom stereocenters. The van der Waals surface area contributed by atoms with Crippen molar-refractivity contribution in [1.82, 2.24) is 34.3 Å². The van der Waals surface area contributed by atoms with E-state index in [4.69, 9.17) is 9.47 Å². The molecule has 3 aliphatic rings. The van der Waals surface area contributed by atoms with E-state index in [9.17, 15) is 9.59 Å². The highest BCUT2D eigenvalue weighted by Crippen LogP contribution is 2.30. The molecule has 1 amide bonds. The molecule has 0 bridgehead atoms. The Kier molecular flexibility index (Phi) is 5.86. The predicted molar refractivity (Wildman–Crippen MR) is 127 cm³/mol. The number of morpholine rings is 1. The highest BCUT2D eigenvalue weighted by molar-refractivity contribution is 5.92. The number of nitrogens with zero attached hydrogens (tertiary/aromatic N) is 6. The maximum Gasteiger partial charge on any atom is 0.274 e. The van der Waals surface area contributed by atoms with Crippen LogP contribution >= 0.6 is 0 Å². The van der Waals surface area contributed by atoms with Crippen LogP contribution in [0.15, 0.2) is 35.1 Å². The first kappa shape index (κ1) is 22.1. The quantitative estimate of drug-likeness (QED) is 0.508. The molecule has 1 saturated carbocycles. The number of amides is 1. The molecule has 0 spiro atoms. The van der Waals surface area contributed by atoms with Gasteiger partial charge in [0.15, 0.2) is 5.82 Å². The Morgan fingerprint density at radius 2 is 2.00 bits per heavy atom. The van der Waals surface area contributed by atoms with Gasteiger partial charge in [-0.2, -0.15) is 9.67 Å². The number of fused-ring (bicyclic) bond motifs is 3. The number of carbonyl (C=O) groups excluding carboxylic acids is 1. The van der Waals surface area contributed by atoms with E-state index in [1.165, 1.54) is 23.6 Å². The molecule has 1 aromatic carbocycles. The van der Waals surface area contributed by atoms with Crippen LogP contribution in [0.4, 0.5) is 0 Å². The molecule has 3 aromatic rings. The van der Waals surface area contributed by atoms with E-state index >= 15 is 0 Å². The van der Waals surface area contributed by atoms with Crippen molar-refractivity contribution in [3.63, 3.8) is 0 Å². The zero-order valence-electron chi connectivity index (χ0n) is 19.6. The van der Waals surface area contributed by atoms with Gasteiger partial charge in [0.05, 0.1) is 32.9 Å². The molecule has 0 radical (unpaired) electrons. The van der Waals surface area contributed by atoms with E-state index in [-0.39, 0.29) is 11.5 Å². The number of aryl methyl sites for hydroxylation is 1. The summed E-state index contributed by atoms with van der Waals surface area (Å²) in [7, 11) is 0. The standard InChI is InChI=1S/C24H29N7O4/c32-21-15-20(23(33)25-6-7-28-10-12-34-13-11-28)30-9-8-29-24(31(21)30)26-22(27-29)18-2-1-3-19(14-18)35-16-17-4-5-17/h1-3,14-15,17H,4-13,16H2,(H,25,33). The minimum atomic E-state index is -0.301. The number of rotatable bonds is 8. The maximum absolute atomic E-state index is 12.9. The van der Waals surface area contributed by atoms with Crippen LogP contribution in [0.25, 0.3) is 17.3 Å². The largest absolute Gasteiger partial charge is 0.493 e. The lowest BCUT2D eigenvalue weighted by molar-refractivity contribution is 0.0383. The number of aromatic nitrogens is 5. The molecular weight excluding hydrogens is 450 g/mol. The Balaban J connectivity index is 1.19. The minimum Gasteiger partial charge on any atom is -0.493 e. The summed E-state index contributed by atoms with van der Waals surface area (Å²) in [6.45, 7) is 6.13. The van der Waals surface area contributed by atoms with Crippen molar-refractivity contribution in [1.29, 1.82) is 0 Å². The Hall–Kier alpha value is -3.44. The summed E-state index contributed by atoms with van der Waals surface area (Å²) in [5, 5.41) is 7.57. The van der Waals surface area contributed by atoms with Crippen LogP contribution < -0.4 is 15.6 Å². The Bertz CT molecular complexity index is 1280. The number of hydrogen-bond acceptors (Lipinski definition) is 7. The fourth-order valence-electron chi connectivity index (χ4n) is 4.51. The van der Waals surface area contributed by atoms with E-state index in [1.807, 2.05) is 24.3 Å². The first-order valence-corrected chi connectivity index (χ1v) is 12.3. The van der Waals surface area contributed by atoms with Gasteiger partial charge in [-0.15, -0.1) is 5.10 Å². The fraction of sp³-hybridized carbons (Fsp3) is 0.500. The predicted octanol–water partition coefficient (Wildman–Crippen LogP) is 0.762. The summed E-state index contributed by atoms with van der Waals surface area (Å²) in [6.07, 6.45) is 2.47. The highest BCUT2D eigenvalue weighted by Gasteiger charge is 2.27. The molecule has 2 aromatic heterocycles. The van der Waals surface area contributed by atoms with Gasteiger partial charge in [0.2, 0.25) is 0 Å². The zero-order chi connectivity index (χ0) is 23.8. The second-order valence-corrected chi connectivity index (χ2v) is 9.25. The van der Waals surface area contributed by atoms with E-state index in [2.05, 4.69) is 20.3 Å². The Labute approximate surface area is 202 Å². The van der Waals surface area contributed by atoms with E-state index in [0.717, 1.165) is 50.8 Å². The molecule has 2 fully saturated rings. The van der Waals surface area contributed by atoms with Crippen LogP contribution in [0, 0.1) is 5.92 Å². The fourth-order valence-corrected chi connectivity index (χ4v) is 4.51. The summed E-state index contributed by atoms with van der Waals surface area (Å²) >= 11 is 0. The topological polar surface area (TPSA) is 108 Å². The van der Waals surface area contributed by atoms with Gasteiger partial charge in [-0.3, -0.25) is 19.2 Å². The SMILES string of the molecule is O=C(NCCN1CCOCC1)c1cc(=O)n2n1CCn1nc(-c3cccc(OCC4CC4)c3)nc1-2. The van der Waals surface area contributed by atoms with Crippen LogP contribution in [0.1, 0.15) is 23.3 Å². The van der Waals surface area contributed by atoms with Crippen LogP contribution in [0.5, 0.6) is 5.75 Å². The number of ether oxygens (including phenoxy) is 2. The lowest BCUT2D eigenvalue weighted by atomic mass is 10.2. The molecule has 0 unspecified atom stereocenters. The molecule has 1 N–H and O–H groups in total. The molecule has 35 heavy (non-hydrogen) atoms. The molecular formula is C24H29N7O4. The summed E-state index contributed by atoms with van der Waals surface area (Å²) in [5.74, 6) is 2.13. The number of hydrogen-bond donors (Lipinski definition) is 1. The molecule has 11 heteroatoms. The van der Waals surface area contributed by atoms with Crippen molar-refractivity contribution in [3.05, 3.63) is 46.4 Å². The van der Waals surface area contributed by atoms with Crippen LogP contribution in [-0.2, 0) is 17.8 Å². The molecule has 11 nitrogen and oxygen atoms in total. The Morgan fingerprint density at radius 3 is 2.83 bits per heavy atom. The number of benzene rings is 1. The smallest absolute Gasteiger partial charge is 0.274 e. The van der Waals surface area contributed by atoms with Crippen LogP contribution in [0.3, 0.4) is 0 Å². The first-order valence-electron chi connectivity index (χ1n) is 12.3. The zero-order valence-corrected chi connectivity index (χ0v) is 19.6. The van der Waals surface area contributed by atoms with Crippen molar-refractivity contribution in [3.8, 4) is 23.1 Å². The van der Waals surface area contributed by atoms with Gasteiger partial charge in [0.1, 0.15) is 11.4 Å². The number of carbonyl (C=O) groups is 1. The average Bonchev–Trinajstić information content (AvgIpc) is 3.51. The first-order chi connectivity index (χ1) is 17.2. The minimum absolute atomic E-state index is 0.261. The molecule has 1 aliphatic carbocycles. The van der Waals surface area contributed by atoms with Gasteiger partial charge in [-0.05, 0) is 30.9 Å². The van der Waals surface area contributed by atoms with Gasteiger partial charge in [0, 0.05) is 37.8 Å². The summed E-state index contributed by atoms with van der Waals surface area (Å²) < 4.78 is 16.1. The van der Waals surface area contributed by atoms with E-state index < -0.39 is 0 Å². The third-order valence-corrected chi connectivity index (χ3v) is 6.68.